The molecule has 0 aliphatic heterocycles. The summed E-state index contributed by atoms with van der Waals surface area (Å²) in [6.45, 7) is 0. The van der Waals surface area contributed by atoms with Crippen LogP contribution >= 0.6 is 0 Å². The first-order valence-electron chi connectivity index (χ1n) is 7.95. The number of nitrogen functional groups attached to an aromatic ring is 2. The van der Waals surface area contributed by atoms with Crippen LogP contribution in [0.25, 0.3) is 0 Å². The summed E-state index contributed by atoms with van der Waals surface area (Å²) in [5.74, 6) is -0.562. The Morgan fingerprint density at radius 1 is 0.615 bits per heavy atom. The van der Waals surface area contributed by atoms with Crippen LogP contribution in [0.5, 0.6) is 0 Å². The van der Waals surface area contributed by atoms with E-state index in [2.05, 4.69) is 10.6 Å². The number of carbonyl (C=O) groups is 2. The zero-order valence-electron chi connectivity index (χ0n) is 13.9. The first kappa shape index (κ1) is 17.0. The van der Waals surface area contributed by atoms with Crippen LogP contribution in [0.15, 0.2) is 72.8 Å². The molecular weight excluding hydrogens is 328 g/mol. The predicted molar refractivity (Wildman–Crippen MR) is 104 cm³/mol. The highest BCUT2D eigenvalue weighted by Gasteiger charge is 2.09. The lowest BCUT2D eigenvalue weighted by atomic mass is 10.1. The average Bonchev–Trinajstić information content (AvgIpc) is 2.62. The van der Waals surface area contributed by atoms with Crippen LogP contribution in [-0.2, 0) is 0 Å². The summed E-state index contributed by atoms with van der Waals surface area (Å²) in [5, 5.41) is 5.56. The summed E-state index contributed by atoms with van der Waals surface area (Å²) in [6, 6.07) is 20.3. The lowest BCUT2D eigenvalue weighted by Crippen LogP contribution is -2.14. The van der Waals surface area contributed by atoms with Gasteiger partial charge in [-0.3, -0.25) is 9.59 Å². The van der Waals surface area contributed by atoms with E-state index < -0.39 is 0 Å². The van der Waals surface area contributed by atoms with Crippen molar-refractivity contribution in [1.82, 2.24) is 0 Å². The zero-order valence-corrected chi connectivity index (χ0v) is 13.9. The predicted octanol–water partition coefficient (Wildman–Crippen LogP) is 3.36. The Morgan fingerprint density at radius 3 is 1.46 bits per heavy atom. The minimum absolute atomic E-state index is 0.281. The Labute approximate surface area is 150 Å². The van der Waals surface area contributed by atoms with Crippen molar-refractivity contribution < 1.29 is 9.59 Å². The van der Waals surface area contributed by atoms with Crippen molar-refractivity contribution in [3.63, 3.8) is 0 Å². The molecule has 26 heavy (non-hydrogen) atoms. The molecule has 6 nitrogen and oxygen atoms in total. The number of hydrogen-bond acceptors (Lipinski definition) is 4. The van der Waals surface area contributed by atoms with Crippen molar-refractivity contribution in [3.05, 3.63) is 83.9 Å². The van der Waals surface area contributed by atoms with Gasteiger partial charge < -0.3 is 22.1 Å². The summed E-state index contributed by atoms with van der Waals surface area (Å²) >= 11 is 0. The van der Waals surface area contributed by atoms with E-state index in [0.29, 0.717) is 33.9 Å². The standard InChI is InChI=1S/C20H18N4O2/c21-15-6-1-4-13(10-15)19(25)23-17-8-3-9-18(12-17)24-20(26)14-5-2-7-16(22)11-14/h1-12H,21-22H2,(H,23,25)(H,24,26). The topological polar surface area (TPSA) is 110 Å². The Kier molecular flexibility index (Phi) is 4.85. The monoisotopic (exact) mass is 346 g/mol. The van der Waals surface area contributed by atoms with E-state index in [4.69, 9.17) is 11.5 Å². The third kappa shape index (κ3) is 4.18. The molecule has 0 radical (unpaired) electrons. The zero-order chi connectivity index (χ0) is 18.5. The molecule has 130 valence electrons. The fraction of sp³-hybridized carbons (Fsp3) is 0. The van der Waals surface area contributed by atoms with E-state index in [1.54, 1.807) is 72.8 Å². The Balaban J connectivity index is 1.72. The molecule has 3 rings (SSSR count). The van der Waals surface area contributed by atoms with E-state index in [-0.39, 0.29) is 11.8 Å². The fourth-order valence-electron chi connectivity index (χ4n) is 2.44. The van der Waals surface area contributed by atoms with Gasteiger partial charge in [-0.05, 0) is 54.6 Å². The van der Waals surface area contributed by atoms with Crippen LogP contribution in [0.3, 0.4) is 0 Å². The quantitative estimate of drug-likeness (QED) is 0.543. The van der Waals surface area contributed by atoms with Gasteiger partial charge in [0.05, 0.1) is 0 Å². The second kappa shape index (κ2) is 7.40. The summed E-state index contributed by atoms with van der Waals surface area (Å²) in [5.41, 5.74) is 14.5. The van der Waals surface area contributed by atoms with E-state index in [1.807, 2.05) is 0 Å². The van der Waals surface area contributed by atoms with E-state index in [1.165, 1.54) is 0 Å². The third-order valence-corrected chi connectivity index (χ3v) is 3.68. The van der Waals surface area contributed by atoms with Crippen molar-refractivity contribution in [1.29, 1.82) is 0 Å². The molecule has 0 heterocycles. The molecule has 3 aromatic carbocycles. The van der Waals surface area contributed by atoms with Gasteiger partial charge in [-0.15, -0.1) is 0 Å². The first-order chi connectivity index (χ1) is 12.5. The summed E-state index contributed by atoms with van der Waals surface area (Å²) in [7, 11) is 0. The van der Waals surface area contributed by atoms with E-state index in [0.717, 1.165) is 0 Å². The summed E-state index contributed by atoms with van der Waals surface area (Å²) < 4.78 is 0. The van der Waals surface area contributed by atoms with Gasteiger partial charge >= 0.3 is 0 Å². The lowest BCUT2D eigenvalue weighted by Gasteiger charge is -2.09. The summed E-state index contributed by atoms with van der Waals surface area (Å²) in [6.07, 6.45) is 0. The summed E-state index contributed by atoms with van der Waals surface area (Å²) in [4.78, 5) is 24.6. The highest BCUT2D eigenvalue weighted by atomic mass is 16.2. The maximum absolute atomic E-state index is 12.3. The third-order valence-electron chi connectivity index (χ3n) is 3.68. The van der Waals surface area contributed by atoms with Gasteiger partial charge in [0, 0.05) is 33.9 Å². The second-order valence-corrected chi connectivity index (χ2v) is 5.74. The highest BCUT2D eigenvalue weighted by molar-refractivity contribution is 6.06. The van der Waals surface area contributed by atoms with Crippen molar-refractivity contribution in [2.75, 3.05) is 22.1 Å². The number of amides is 2. The molecule has 0 atom stereocenters. The van der Waals surface area contributed by atoms with Gasteiger partial charge in [-0.2, -0.15) is 0 Å². The molecule has 0 fully saturated rings. The number of benzene rings is 3. The van der Waals surface area contributed by atoms with Crippen LogP contribution in [-0.4, -0.2) is 11.8 Å². The van der Waals surface area contributed by atoms with E-state index in [9.17, 15) is 9.59 Å². The second-order valence-electron chi connectivity index (χ2n) is 5.74. The SMILES string of the molecule is Nc1cccc(C(=O)Nc2cccc(NC(=O)c3cccc(N)c3)c2)c1. The van der Waals surface area contributed by atoms with Crippen molar-refractivity contribution in [3.8, 4) is 0 Å². The minimum atomic E-state index is -0.281. The smallest absolute Gasteiger partial charge is 0.255 e. The molecule has 0 aromatic heterocycles. The molecule has 0 unspecified atom stereocenters. The van der Waals surface area contributed by atoms with Crippen LogP contribution in [0.4, 0.5) is 22.7 Å². The van der Waals surface area contributed by atoms with Crippen LogP contribution < -0.4 is 22.1 Å². The molecule has 0 aliphatic carbocycles. The number of rotatable bonds is 4. The number of hydrogen-bond donors (Lipinski definition) is 4. The molecule has 0 spiro atoms. The highest BCUT2D eigenvalue weighted by Crippen LogP contribution is 2.18. The van der Waals surface area contributed by atoms with Crippen molar-refractivity contribution in [2.24, 2.45) is 0 Å². The van der Waals surface area contributed by atoms with Crippen LogP contribution in [0.1, 0.15) is 20.7 Å². The maximum Gasteiger partial charge on any atom is 0.255 e. The fourth-order valence-corrected chi connectivity index (χ4v) is 2.44. The molecule has 0 saturated carbocycles. The number of nitrogens with one attached hydrogen (secondary N) is 2. The van der Waals surface area contributed by atoms with Crippen LogP contribution in [0.2, 0.25) is 0 Å². The number of nitrogens with two attached hydrogens (primary N) is 2. The van der Waals surface area contributed by atoms with Gasteiger partial charge in [-0.25, -0.2) is 0 Å². The lowest BCUT2D eigenvalue weighted by molar-refractivity contribution is 0.101. The Hall–Kier alpha value is -3.80. The molecule has 0 saturated heterocycles. The molecule has 3 aromatic rings. The molecule has 6 heteroatoms. The van der Waals surface area contributed by atoms with Gasteiger partial charge in [0.1, 0.15) is 0 Å². The minimum Gasteiger partial charge on any atom is -0.399 e. The molecule has 2 amide bonds. The van der Waals surface area contributed by atoms with Gasteiger partial charge in [0.2, 0.25) is 0 Å². The Morgan fingerprint density at radius 2 is 1.04 bits per heavy atom. The van der Waals surface area contributed by atoms with Crippen molar-refractivity contribution >= 4 is 34.6 Å². The van der Waals surface area contributed by atoms with Crippen LogP contribution in [0, 0.1) is 0 Å². The number of anilines is 4. The molecule has 0 aliphatic rings. The van der Waals surface area contributed by atoms with Gasteiger partial charge in [0.25, 0.3) is 11.8 Å². The van der Waals surface area contributed by atoms with Crippen molar-refractivity contribution in [2.45, 2.75) is 0 Å². The maximum atomic E-state index is 12.3. The first-order valence-corrected chi connectivity index (χ1v) is 7.95. The molecule has 0 bridgehead atoms. The van der Waals surface area contributed by atoms with Gasteiger partial charge in [-0.1, -0.05) is 18.2 Å². The normalized spacial score (nSPS) is 10.2. The molecular formula is C20H18N4O2. The number of carbonyl (C=O) groups excluding carboxylic acids is 2. The average molecular weight is 346 g/mol. The van der Waals surface area contributed by atoms with E-state index >= 15 is 0 Å². The van der Waals surface area contributed by atoms with Gasteiger partial charge in [0.15, 0.2) is 0 Å². The largest absolute Gasteiger partial charge is 0.399 e. The molecule has 6 N–H and O–H groups in total. The Bertz CT molecular complexity index is 895.